The lowest BCUT2D eigenvalue weighted by Crippen LogP contribution is -2.33. The van der Waals surface area contributed by atoms with Crippen LogP contribution in [0.4, 0.5) is 9.18 Å². The number of ether oxygens (including phenoxy) is 1. The molecule has 0 spiro atoms. The van der Waals surface area contributed by atoms with Crippen LogP contribution in [0.15, 0.2) is 59.8 Å². The summed E-state index contributed by atoms with van der Waals surface area (Å²) >= 11 is 1.16. The molecular weight excluding hydrogens is 383 g/mol. The van der Waals surface area contributed by atoms with Gasteiger partial charge in [0, 0.05) is 11.3 Å². The molecule has 0 bridgehead atoms. The van der Waals surface area contributed by atoms with Crippen LogP contribution in [-0.4, -0.2) is 50.6 Å². The van der Waals surface area contributed by atoms with E-state index in [1.165, 1.54) is 12.1 Å². The number of carbonyl (C=O) groups is 2. The highest BCUT2D eigenvalue weighted by molar-refractivity contribution is 7.99. The van der Waals surface area contributed by atoms with Crippen LogP contribution in [0.3, 0.4) is 0 Å². The molecule has 9 heteroatoms. The van der Waals surface area contributed by atoms with Gasteiger partial charge in [-0.3, -0.25) is 9.36 Å². The van der Waals surface area contributed by atoms with E-state index in [-0.39, 0.29) is 30.6 Å². The number of imide groups is 1. The normalized spacial score (nSPS) is 13.6. The molecule has 7 nitrogen and oxygen atoms in total. The molecule has 1 saturated heterocycles. The number of carbonyl (C=O) groups excluding carboxylic acids is 2. The van der Waals surface area contributed by atoms with Gasteiger partial charge in [-0.25, -0.2) is 14.1 Å². The van der Waals surface area contributed by atoms with Crippen molar-refractivity contribution in [3.05, 3.63) is 60.4 Å². The number of benzene rings is 2. The highest BCUT2D eigenvalue weighted by Gasteiger charge is 2.28. The Kier molecular flexibility index (Phi) is 5.07. The minimum absolute atomic E-state index is 0.00319. The second-order valence-electron chi connectivity index (χ2n) is 5.93. The molecule has 1 aliphatic heterocycles. The SMILES string of the molecule is O=C(CSc1nnc(-c2ccccc2)n1-c1ccc(F)cc1)N1CCOC1=O. The van der Waals surface area contributed by atoms with Crippen LogP contribution in [-0.2, 0) is 9.53 Å². The van der Waals surface area contributed by atoms with Gasteiger partial charge in [-0.1, -0.05) is 42.1 Å². The number of cyclic esters (lactones) is 1. The van der Waals surface area contributed by atoms with E-state index in [9.17, 15) is 14.0 Å². The summed E-state index contributed by atoms with van der Waals surface area (Å²) < 4.78 is 19.9. The lowest BCUT2D eigenvalue weighted by molar-refractivity contribution is -0.125. The third kappa shape index (κ3) is 3.61. The minimum atomic E-state index is -0.629. The van der Waals surface area contributed by atoms with E-state index >= 15 is 0 Å². The van der Waals surface area contributed by atoms with Gasteiger partial charge in [-0.05, 0) is 24.3 Å². The summed E-state index contributed by atoms with van der Waals surface area (Å²) in [4.78, 5) is 24.9. The first-order chi connectivity index (χ1) is 13.6. The Balaban J connectivity index is 1.65. The van der Waals surface area contributed by atoms with E-state index in [1.54, 1.807) is 16.7 Å². The van der Waals surface area contributed by atoms with Crippen molar-refractivity contribution in [2.24, 2.45) is 0 Å². The summed E-state index contributed by atoms with van der Waals surface area (Å²) in [7, 11) is 0. The zero-order chi connectivity index (χ0) is 19.5. The van der Waals surface area contributed by atoms with E-state index in [4.69, 9.17) is 4.74 Å². The van der Waals surface area contributed by atoms with E-state index in [0.29, 0.717) is 16.7 Å². The van der Waals surface area contributed by atoms with Crippen molar-refractivity contribution in [3.8, 4) is 17.1 Å². The van der Waals surface area contributed by atoms with Crippen molar-refractivity contribution < 1.29 is 18.7 Å². The topological polar surface area (TPSA) is 77.3 Å². The zero-order valence-electron chi connectivity index (χ0n) is 14.6. The van der Waals surface area contributed by atoms with Crippen molar-refractivity contribution in [1.29, 1.82) is 0 Å². The van der Waals surface area contributed by atoms with E-state index in [1.807, 2.05) is 30.3 Å². The second kappa shape index (κ2) is 7.81. The molecule has 3 aromatic rings. The van der Waals surface area contributed by atoms with Crippen molar-refractivity contribution in [1.82, 2.24) is 19.7 Å². The number of hydrogen-bond donors (Lipinski definition) is 0. The van der Waals surface area contributed by atoms with Crippen LogP contribution in [0.2, 0.25) is 0 Å². The van der Waals surface area contributed by atoms with Gasteiger partial charge in [0.1, 0.15) is 12.4 Å². The van der Waals surface area contributed by atoms with Crippen LogP contribution in [0, 0.1) is 5.82 Å². The van der Waals surface area contributed by atoms with Gasteiger partial charge < -0.3 is 4.74 Å². The largest absolute Gasteiger partial charge is 0.447 e. The molecule has 0 radical (unpaired) electrons. The molecule has 2 aromatic carbocycles. The van der Waals surface area contributed by atoms with Crippen LogP contribution in [0.25, 0.3) is 17.1 Å². The van der Waals surface area contributed by atoms with Gasteiger partial charge in [-0.15, -0.1) is 10.2 Å². The van der Waals surface area contributed by atoms with Crippen molar-refractivity contribution in [2.45, 2.75) is 5.16 Å². The Bertz CT molecular complexity index is 1010. The molecule has 0 unspecified atom stereocenters. The summed E-state index contributed by atoms with van der Waals surface area (Å²) in [5, 5.41) is 8.93. The fourth-order valence-electron chi connectivity index (χ4n) is 2.78. The third-order valence-corrected chi connectivity index (χ3v) is 5.05. The lowest BCUT2D eigenvalue weighted by Gasteiger charge is -2.12. The van der Waals surface area contributed by atoms with Gasteiger partial charge in [-0.2, -0.15) is 0 Å². The van der Waals surface area contributed by atoms with Crippen LogP contribution in [0.5, 0.6) is 0 Å². The van der Waals surface area contributed by atoms with Gasteiger partial charge in [0.25, 0.3) is 0 Å². The zero-order valence-corrected chi connectivity index (χ0v) is 15.4. The fourth-order valence-corrected chi connectivity index (χ4v) is 3.61. The van der Waals surface area contributed by atoms with Gasteiger partial charge in [0.2, 0.25) is 5.91 Å². The Hall–Kier alpha value is -3.20. The molecule has 1 aromatic heterocycles. The van der Waals surface area contributed by atoms with Gasteiger partial charge in [0.15, 0.2) is 11.0 Å². The maximum atomic E-state index is 13.4. The minimum Gasteiger partial charge on any atom is -0.447 e. The second-order valence-corrected chi connectivity index (χ2v) is 6.87. The molecule has 4 rings (SSSR count). The number of aromatic nitrogens is 3. The van der Waals surface area contributed by atoms with Crippen LogP contribution < -0.4 is 0 Å². The maximum absolute atomic E-state index is 13.4. The number of hydrogen-bond acceptors (Lipinski definition) is 6. The maximum Gasteiger partial charge on any atom is 0.416 e. The Morgan fingerprint density at radius 3 is 2.54 bits per heavy atom. The Labute approximate surface area is 164 Å². The van der Waals surface area contributed by atoms with E-state index in [2.05, 4.69) is 10.2 Å². The molecule has 2 heterocycles. The van der Waals surface area contributed by atoms with Gasteiger partial charge >= 0.3 is 6.09 Å². The van der Waals surface area contributed by atoms with Crippen molar-refractivity contribution in [2.75, 3.05) is 18.9 Å². The molecule has 1 fully saturated rings. The highest BCUT2D eigenvalue weighted by Crippen LogP contribution is 2.28. The predicted octanol–water partition coefficient (Wildman–Crippen LogP) is 3.14. The fraction of sp³-hybridized carbons (Fsp3) is 0.158. The van der Waals surface area contributed by atoms with Crippen LogP contribution >= 0.6 is 11.8 Å². The average Bonchev–Trinajstić information content (AvgIpc) is 3.34. The summed E-state index contributed by atoms with van der Waals surface area (Å²) in [5.41, 5.74) is 1.50. The first-order valence-electron chi connectivity index (χ1n) is 8.50. The number of thioether (sulfide) groups is 1. The number of rotatable bonds is 5. The quantitative estimate of drug-likeness (QED) is 0.615. The van der Waals surface area contributed by atoms with Gasteiger partial charge in [0.05, 0.1) is 12.3 Å². The molecule has 0 saturated carbocycles. The monoisotopic (exact) mass is 398 g/mol. The van der Waals surface area contributed by atoms with Crippen molar-refractivity contribution >= 4 is 23.8 Å². The summed E-state index contributed by atoms with van der Waals surface area (Å²) in [5.74, 6) is -0.136. The molecular formula is C19H15FN4O3S. The third-order valence-electron chi connectivity index (χ3n) is 4.14. The molecule has 0 N–H and O–H groups in total. The Morgan fingerprint density at radius 2 is 1.86 bits per heavy atom. The summed E-state index contributed by atoms with van der Waals surface area (Å²) in [6.07, 6.45) is -0.629. The molecule has 0 aliphatic carbocycles. The number of nitrogens with zero attached hydrogens (tertiary/aromatic N) is 4. The summed E-state index contributed by atoms with van der Waals surface area (Å²) in [6, 6.07) is 15.4. The first-order valence-corrected chi connectivity index (χ1v) is 9.49. The Morgan fingerprint density at radius 1 is 1.11 bits per heavy atom. The van der Waals surface area contributed by atoms with E-state index < -0.39 is 6.09 Å². The molecule has 0 atom stereocenters. The average molecular weight is 398 g/mol. The molecule has 142 valence electrons. The van der Waals surface area contributed by atoms with E-state index in [0.717, 1.165) is 22.2 Å². The molecule has 28 heavy (non-hydrogen) atoms. The van der Waals surface area contributed by atoms with Crippen molar-refractivity contribution in [3.63, 3.8) is 0 Å². The summed E-state index contributed by atoms with van der Waals surface area (Å²) in [6.45, 7) is 0.456. The predicted molar refractivity (Wildman–Crippen MR) is 101 cm³/mol. The lowest BCUT2D eigenvalue weighted by atomic mass is 10.2. The standard InChI is InChI=1S/C19H15FN4O3S/c20-14-6-8-15(9-7-14)24-17(13-4-2-1-3-5-13)21-22-18(24)28-12-16(25)23-10-11-27-19(23)26/h1-9H,10-12H2. The highest BCUT2D eigenvalue weighted by atomic mass is 32.2. The number of amides is 2. The van der Waals surface area contributed by atoms with Crippen LogP contribution in [0.1, 0.15) is 0 Å². The smallest absolute Gasteiger partial charge is 0.416 e. The molecule has 2 amide bonds. The first kappa shape index (κ1) is 18.2. The molecule has 1 aliphatic rings. The number of halogens is 1.